The molecule has 0 aromatic heterocycles. The zero-order chi connectivity index (χ0) is 10.7. The summed E-state index contributed by atoms with van der Waals surface area (Å²) in [6, 6.07) is 0. The van der Waals surface area contributed by atoms with Crippen LogP contribution in [0.1, 0.15) is 0 Å². The molecule has 14 heavy (non-hydrogen) atoms. The van der Waals surface area contributed by atoms with Gasteiger partial charge < -0.3 is 25.2 Å². The van der Waals surface area contributed by atoms with Gasteiger partial charge in [-0.3, -0.25) is 0 Å². The number of rotatable bonds is 3. The van der Waals surface area contributed by atoms with Crippen molar-refractivity contribution in [3.05, 3.63) is 0 Å². The Kier molecular flexibility index (Phi) is 4.20. The summed E-state index contributed by atoms with van der Waals surface area (Å²) >= 11 is 0. The van der Waals surface area contributed by atoms with Crippen molar-refractivity contribution in [3.63, 3.8) is 0 Å². The van der Waals surface area contributed by atoms with Crippen LogP contribution in [0.25, 0.3) is 0 Å². The first-order valence-corrected chi connectivity index (χ1v) is 4.11. The Bertz CT molecular complexity index is 173. The Morgan fingerprint density at radius 3 is 2.36 bits per heavy atom. The molecule has 0 bridgehead atoms. The quantitative estimate of drug-likeness (QED) is 0.298. The van der Waals surface area contributed by atoms with Gasteiger partial charge in [-0.2, -0.15) is 0 Å². The molecule has 1 aliphatic rings. The third-order valence-corrected chi connectivity index (χ3v) is 2.05. The van der Waals surface area contributed by atoms with Gasteiger partial charge in [-0.05, 0) is 0 Å². The summed E-state index contributed by atoms with van der Waals surface area (Å²) in [7, 11) is 1.22. The molecule has 7 heteroatoms. The van der Waals surface area contributed by atoms with Gasteiger partial charge in [0.2, 0.25) is 0 Å². The van der Waals surface area contributed by atoms with Crippen LogP contribution < -0.4 is 0 Å². The third kappa shape index (κ3) is 2.20. The van der Waals surface area contributed by atoms with Crippen molar-refractivity contribution in [3.8, 4) is 0 Å². The molecule has 4 N–H and O–H groups in total. The van der Waals surface area contributed by atoms with E-state index in [-0.39, 0.29) is 0 Å². The maximum Gasteiger partial charge on any atom is 0.184 e. The molecule has 0 spiro atoms. The maximum absolute atomic E-state index is 9.43. The van der Waals surface area contributed by atoms with E-state index in [0.717, 1.165) is 0 Å². The van der Waals surface area contributed by atoms with Crippen LogP contribution in [0.3, 0.4) is 0 Å². The first kappa shape index (κ1) is 11.8. The second kappa shape index (κ2) is 4.99. The summed E-state index contributed by atoms with van der Waals surface area (Å²) in [5.41, 5.74) is 0. The third-order valence-electron chi connectivity index (χ3n) is 2.05. The fourth-order valence-electron chi connectivity index (χ4n) is 1.30. The van der Waals surface area contributed by atoms with Crippen molar-refractivity contribution >= 4 is 0 Å². The van der Waals surface area contributed by atoms with E-state index in [0.29, 0.717) is 0 Å². The van der Waals surface area contributed by atoms with Crippen LogP contribution in [0.15, 0.2) is 0 Å². The van der Waals surface area contributed by atoms with Crippen LogP contribution in [0.2, 0.25) is 0 Å². The van der Waals surface area contributed by atoms with Gasteiger partial charge in [0.25, 0.3) is 0 Å². The molecule has 0 amide bonds. The Labute approximate surface area is 80.4 Å². The van der Waals surface area contributed by atoms with Crippen molar-refractivity contribution in [1.82, 2.24) is 0 Å². The van der Waals surface area contributed by atoms with E-state index in [2.05, 4.69) is 9.78 Å². The Hall–Kier alpha value is -0.280. The molecule has 1 heterocycles. The summed E-state index contributed by atoms with van der Waals surface area (Å²) in [5, 5.41) is 36.6. The van der Waals surface area contributed by atoms with Crippen LogP contribution in [0.4, 0.5) is 0 Å². The summed E-state index contributed by atoms with van der Waals surface area (Å²) in [4.78, 5) is 8.93. The van der Waals surface area contributed by atoms with Gasteiger partial charge in [0, 0.05) is 0 Å². The minimum absolute atomic E-state index is 0.463. The number of hydrogen-bond acceptors (Lipinski definition) is 7. The number of ether oxygens (including phenoxy) is 1. The van der Waals surface area contributed by atoms with E-state index in [1.165, 1.54) is 7.11 Å². The van der Waals surface area contributed by atoms with Gasteiger partial charge in [-0.15, -0.1) is 0 Å². The molecule has 1 aliphatic heterocycles. The standard InChI is InChI=1S/C7H14O7/c1-12-14-6-3(2-8)13-7(11)5(10)4(6)9/h3-11H,2H2,1H3/t3-,4-,5-,6-,7?/m1/s1. The van der Waals surface area contributed by atoms with E-state index in [1.54, 1.807) is 0 Å². The lowest BCUT2D eigenvalue weighted by Gasteiger charge is -2.38. The van der Waals surface area contributed by atoms with Crippen LogP contribution in [-0.2, 0) is 14.5 Å². The summed E-state index contributed by atoms with van der Waals surface area (Å²) < 4.78 is 4.77. The molecule has 0 aliphatic carbocycles. The first-order valence-electron chi connectivity index (χ1n) is 4.11. The van der Waals surface area contributed by atoms with Crippen molar-refractivity contribution in [2.24, 2.45) is 0 Å². The molecule has 1 saturated heterocycles. The lowest BCUT2D eigenvalue weighted by molar-refractivity contribution is -0.382. The molecular weight excluding hydrogens is 196 g/mol. The van der Waals surface area contributed by atoms with Crippen molar-refractivity contribution in [2.45, 2.75) is 30.7 Å². The normalized spacial score (nSPS) is 43.9. The summed E-state index contributed by atoms with van der Waals surface area (Å²) in [5.74, 6) is 0. The van der Waals surface area contributed by atoms with Crippen LogP contribution in [0.5, 0.6) is 0 Å². The van der Waals surface area contributed by atoms with Gasteiger partial charge in [0.05, 0.1) is 13.7 Å². The van der Waals surface area contributed by atoms with E-state index in [1.807, 2.05) is 0 Å². The van der Waals surface area contributed by atoms with Gasteiger partial charge >= 0.3 is 0 Å². The zero-order valence-corrected chi connectivity index (χ0v) is 7.61. The van der Waals surface area contributed by atoms with Crippen LogP contribution in [-0.4, -0.2) is 64.8 Å². The molecule has 1 fully saturated rings. The van der Waals surface area contributed by atoms with E-state index < -0.39 is 37.3 Å². The van der Waals surface area contributed by atoms with Crippen molar-refractivity contribution in [1.29, 1.82) is 0 Å². The molecule has 7 nitrogen and oxygen atoms in total. The monoisotopic (exact) mass is 210 g/mol. The highest BCUT2D eigenvalue weighted by atomic mass is 17.2. The zero-order valence-electron chi connectivity index (χ0n) is 7.61. The average Bonchev–Trinajstić information content (AvgIpc) is 2.19. The number of aliphatic hydroxyl groups is 4. The predicted molar refractivity (Wildman–Crippen MR) is 41.9 cm³/mol. The van der Waals surface area contributed by atoms with E-state index >= 15 is 0 Å². The van der Waals surface area contributed by atoms with Gasteiger partial charge in [0.1, 0.15) is 24.4 Å². The lowest BCUT2D eigenvalue weighted by atomic mass is 9.99. The topological polar surface area (TPSA) is 109 Å². The molecule has 0 aromatic carbocycles. The SMILES string of the molecule is COO[C@H]1[C@H](O)[C@@H](O)C(O)O[C@@H]1CO. The first-order chi connectivity index (χ1) is 6.61. The van der Waals surface area contributed by atoms with Crippen molar-refractivity contribution in [2.75, 3.05) is 13.7 Å². The van der Waals surface area contributed by atoms with E-state index in [9.17, 15) is 10.2 Å². The maximum atomic E-state index is 9.43. The molecule has 0 saturated carbocycles. The highest BCUT2D eigenvalue weighted by Gasteiger charge is 2.45. The Morgan fingerprint density at radius 1 is 1.21 bits per heavy atom. The fraction of sp³-hybridized carbons (Fsp3) is 1.00. The second-order valence-corrected chi connectivity index (χ2v) is 2.96. The van der Waals surface area contributed by atoms with Crippen LogP contribution in [0, 0.1) is 0 Å². The molecule has 5 atom stereocenters. The van der Waals surface area contributed by atoms with Crippen molar-refractivity contribution < 1.29 is 34.9 Å². The van der Waals surface area contributed by atoms with E-state index in [4.69, 9.17) is 14.9 Å². The minimum atomic E-state index is -1.54. The van der Waals surface area contributed by atoms with Gasteiger partial charge in [-0.1, -0.05) is 0 Å². The smallest absolute Gasteiger partial charge is 0.184 e. The van der Waals surface area contributed by atoms with Crippen LogP contribution >= 0.6 is 0 Å². The second-order valence-electron chi connectivity index (χ2n) is 2.96. The summed E-state index contributed by atoms with van der Waals surface area (Å²) in [6.07, 6.45) is -6.39. The molecular formula is C7H14O7. The Balaban J connectivity index is 2.67. The Morgan fingerprint density at radius 2 is 1.86 bits per heavy atom. The highest BCUT2D eigenvalue weighted by Crippen LogP contribution is 2.22. The minimum Gasteiger partial charge on any atom is -0.394 e. The molecule has 84 valence electrons. The fourth-order valence-corrected chi connectivity index (χ4v) is 1.30. The predicted octanol–water partition coefficient (Wildman–Crippen LogP) is -2.64. The molecule has 0 radical (unpaired) electrons. The largest absolute Gasteiger partial charge is 0.394 e. The van der Waals surface area contributed by atoms with Gasteiger partial charge in [-0.25, -0.2) is 9.78 Å². The lowest BCUT2D eigenvalue weighted by Crippen LogP contribution is -2.59. The summed E-state index contributed by atoms with van der Waals surface area (Å²) in [6.45, 7) is -0.463. The number of hydrogen-bond donors (Lipinski definition) is 4. The molecule has 1 rings (SSSR count). The number of aliphatic hydroxyl groups excluding tert-OH is 4. The average molecular weight is 210 g/mol. The van der Waals surface area contributed by atoms with Gasteiger partial charge in [0.15, 0.2) is 6.29 Å². The highest BCUT2D eigenvalue weighted by molar-refractivity contribution is 4.88. The molecule has 1 unspecified atom stereocenters. The molecule has 0 aromatic rings.